The molecule has 0 spiro atoms. The lowest BCUT2D eigenvalue weighted by Crippen LogP contribution is -2.41. The Morgan fingerprint density at radius 2 is 2.08 bits per heavy atom. The van der Waals surface area contributed by atoms with Gasteiger partial charge in [-0.1, -0.05) is 0 Å². The molecule has 0 N–H and O–H groups in total. The first-order valence-electron chi connectivity index (χ1n) is 8.14. The Bertz CT molecular complexity index is 647. The molecule has 0 aromatic carbocycles. The molecule has 0 aliphatic carbocycles. The maximum absolute atomic E-state index is 12.6. The molecule has 8 heteroatoms. The Kier molecular flexibility index (Phi) is 4.84. The zero-order valence-corrected chi connectivity index (χ0v) is 14.1. The minimum Gasteiger partial charge on any atom is -0.336 e. The molecular formula is C16H22N6O2. The number of hydrogen-bond acceptors (Lipinski definition) is 6. The standard InChI is InChI=1S/C16H22N6O2/c1-20(11-14-17-7-3-8-18-14)12-6-9-22(10-12)16(24)13-4-5-15(23)21(2)19-13/h3,7-8,12H,4-6,9-11H2,1-2H3. The summed E-state index contributed by atoms with van der Waals surface area (Å²) in [6.45, 7) is 2.03. The second-order valence-corrected chi connectivity index (χ2v) is 6.24. The van der Waals surface area contributed by atoms with Crippen LogP contribution in [0.2, 0.25) is 0 Å². The number of likely N-dealkylation sites (tertiary alicyclic amines) is 1. The summed E-state index contributed by atoms with van der Waals surface area (Å²) >= 11 is 0. The predicted molar refractivity (Wildman–Crippen MR) is 87.9 cm³/mol. The molecule has 0 radical (unpaired) electrons. The number of aromatic nitrogens is 2. The number of hydrazone groups is 1. The maximum atomic E-state index is 12.6. The van der Waals surface area contributed by atoms with Gasteiger partial charge in [-0.2, -0.15) is 5.10 Å². The second-order valence-electron chi connectivity index (χ2n) is 6.24. The first-order chi connectivity index (χ1) is 11.5. The number of carbonyl (C=O) groups is 2. The summed E-state index contributed by atoms with van der Waals surface area (Å²) in [7, 11) is 3.62. The smallest absolute Gasteiger partial charge is 0.270 e. The van der Waals surface area contributed by atoms with Gasteiger partial charge in [-0.25, -0.2) is 15.0 Å². The van der Waals surface area contributed by atoms with E-state index in [4.69, 9.17) is 0 Å². The topological polar surface area (TPSA) is 82.0 Å². The van der Waals surface area contributed by atoms with Crippen LogP contribution in [0.3, 0.4) is 0 Å². The molecule has 128 valence electrons. The Morgan fingerprint density at radius 3 is 2.79 bits per heavy atom. The molecular weight excluding hydrogens is 308 g/mol. The zero-order chi connectivity index (χ0) is 17.1. The first kappa shape index (κ1) is 16.5. The van der Waals surface area contributed by atoms with Gasteiger partial charge in [0.05, 0.1) is 6.54 Å². The Balaban J connectivity index is 1.58. The summed E-state index contributed by atoms with van der Waals surface area (Å²) in [5, 5.41) is 5.39. The first-order valence-corrected chi connectivity index (χ1v) is 8.14. The molecule has 1 aromatic rings. The lowest BCUT2D eigenvalue weighted by Gasteiger charge is -2.25. The minimum atomic E-state index is -0.0544. The average Bonchev–Trinajstić information content (AvgIpc) is 3.08. The van der Waals surface area contributed by atoms with Gasteiger partial charge in [-0.15, -0.1) is 0 Å². The molecule has 3 heterocycles. The fourth-order valence-electron chi connectivity index (χ4n) is 3.06. The molecule has 8 nitrogen and oxygen atoms in total. The van der Waals surface area contributed by atoms with E-state index in [2.05, 4.69) is 20.0 Å². The summed E-state index contributed by atoms with van der Waals surface area (Å²) in [5.41, 5.74) is 0.479. The number of likely N-dealkylation sites (N-methyl/N-ethyl adjacent to an activating group) is 1. The number of rotatable bonds is 4. The lowest BCUT2D eigenvalue weighted by atomic mass is 10.1. The van der Waals surface area contributed by atoms with Crippen molar-refractivity contribution in [3.63, 3.8) is 0 Å². The molecule has 3 rings (SSSR count). The predicted octanol–water partition coefficient (Wildman–Crippen LogP) is 0.118. The van der Waals surface area contributed by atoms with Gasteiger partial charge in [0.25, 0.3) is 5.91 Å². The van der Waals surface area contributed by atoms with Crippen molar-refractivity contribution in [3.05, 3.63) is 24.3 Å². The summed E-state index contributed by atoms with van der Waals surface area (Å²) < 4.78 is 0. The van der Waals surface area contributed by atoms with Crippen LogP contribution in [0.25, 0.3) is 0 Å². The van der Waals surface area contributed by atoms with Gasteiger partial charge in [0.2, 0.25) is 5.91 Å². The number of carbonyl (C=O) groups excluding carboxylic acids is 2. The van der Waals surface area contributed by atoms with E-state index < -0.39 is 0 Å². The van der Waals surface area contributed by atoms with Crippen LogP contribution in [-0.4, -0.2) is 75.5 Å². The van der Waals surface area contributed by atoms with E-state index in [9.17, 15) is 9.59 Å². The molecule has 2 aliphatic rings. The van der Waals surface area contributed by atoms with Crippen LogP contribution < -0.4 is 0 Å². The van der Waals surface area contributed by atoms with Crippen molar-refractivity contribution >= 4 is 17.5 Å². The van der Waals surface area contributed by atoms with Crippen LogP contribution in [-0.2, 0) is 16.1 Å². The maximum Gasteiger partial charge on any atom is 0.270 e. The zero-order valence-electron chi connectivity index (χ0n) is 14.1. The van der Waals surface area contributed by atoms with Gasteiger partial charge in [0, 0.05) is 51.4 Å². The molecule has 2 amide bonds. The van der Waals surface area contributed by atoms with Gasteiger partial charge >= 0.3 is 0 Å². The van der Waals surface area contributed by atoms with Gasteiger partial charge in [0.15, 0.2) is 0 Å². The molecule has 0 saturated carbocycles. The van der Waals surface area contributed by atoms with Gasteiger partial charge in [0.1, 0.15) is 11.5 Å². The van der Waals surface area contributed by atoms with Crippen LogP contribution in [0, 0.1) is 0 Å². The summed E-state index contributed by atoms with van der Waals surface area (Å²) in [6.07, 6.45) is 5.16. The van der Waals surface area contributed by atoms with Gasteiger partial charge in [-0.05, 0) is 19.5 Å². The van der Waals surface area contributed by atoms with Crippen LogP contribution >= 0.6 is 0 Å². The molecule has 1 fully saturated rings. The molecule has 0 bridgehead atoms. The number of hydrogen-bond donors (Lipinski definition) is 0. The van der Waals surface area contributed by atoms with Gasteiger partial charge in [-0.3, -0.25) is 14.5 Å². The molecule has 1 aromatic heterocycles. The van der Waals surface area contributed by atoms with Crippen LogP contribution in [0.4, 0.5) is 0 Å². The van der Waals surface area contributed by atoms with Crippen molar-refractivity contribution in [2.24, 2.45) is 5.10 Å². The quantitative estimate of drug-likeness (QED) is 0.783. The Morgan fingerprint density at radius 1 is 1.33 bits per heavy atom. The molecule has 24 heavy (non-hydrogen) atoms. The second kappa shape index (κ2) is 7.04. The largest absolute Gasteiger partial charge is 0.336 e. The highest BCUT2D eigenvalue weighted by Crippen LogP contribution is 2.18. The summed E-state index contributed by atoms with van der Waals surface area (Å²) in [5.74, 6) is 0.677. The van der Waals surface area contributed by atoms with E-state index in [-0.39, 0.29) is 17.9 Å². The van der Waals surface area contributed by atoms with Crippen molar-refractivity contribution in [2.45, 2.75) is 31.8 Å². The average molecular weight is 330 g/mol. The van der Waals surface area contributed by atoms with Crippen molar-refractivity contribution in [1.82, 2.24) is 24.8 Å². The van der Waals surface area contributed by atoms with Crippen molar-refractivity contribution in [3.8, 4) is 0 Å². The Labute approximate surface area is 141 Å². The van der Waals surface area contributed by atoms with Crippen molar-refractivity contribution < 1.29 is 9.59 Å². The van der Waals surface area contributed by atoms with E-state index in [0.717, 1.165) is 12.2 Å². The van der Waals surface area contributed by atoms with Crippen LogP contribution in [0.15, 0.2) is 23.6 Å². The fraction of sp³-hybridized carbons (Fsp3) is 0.562. The third-order valence-electron chi connectivity index (χ3n) is 4.54. The fourth-order valence-corrected chi connectivity index (χ4v) is 3.06. The third-order valence-corrected chi connectivity index (χ3v) is 4.54. The highest BCUT2D eigenvalue weighted by atomic mass is 16.2. The minimum absolute atomic E-state index is 0.0477. The van der Waals surface area contributed by atoms with E-state index in [1.165, 1.54) is 5.01 Å². The molecule has 2 aliphatic heterocycles. The molecule has 1 atom stereocenters. The van der Waals surface area contributed by atoms with E-state index in [1.54, 1.807) is 25.5 Å². The highest BCUT2D eigenvalue weighted by molar-refractivity contribution is 6.39. The molecule has 1 saturated heterocycles. The van der Waals surface area contributed by atoms with Crippen LogP contribution in [0.5, 0.6) is 0 Å². The number of amides is 2. The Hall–Kier alpha value is -2.35. The summed E-state index contributed by atoms with van der Waals surface area (Å²) in [4.78, 5) is 36.6. The van der Waals surface area contributed by atoms with E-state index in [1.807, 2.05) is 11.9 Å². The van der Waals surface area contributed by atoms with E-state index in [0.29, 0.717) is 38.2 Å². The SMILES string of the molecule is CN1N=C(C(=O)N2CCC(N(C)Cc3ncccn3)C2)CCC1=O. The third kappa shape index (κ3) is 3.59. The highest BCUT2D eigenvalue weighted by Gasteiger charge is 2.32. The summed E-state index contributed by atoms with van der Waals surface area (Å²) in [6, 6.07) is 2.08. The van der Waals surface area contributed by atoms with Crippen LogP contribution in [0.1, 0.15) is 25.1 Å². The van der Waals surface area contributed by atoms with Crippen molar-refractivity contribution in [2.75, 3.05) is 27.2 Å². The van der Waals surface area contributed by atoms with E-state index >= 15 is 0 Å². The monoisotopic (exact) mass is 330 g/mol. The van der Waals surface area contributed by atoms with Crippen molar-refractivity contribution in [1.29, 1.82) is 0 Å². The number of nitrogens with zero attached hydrogens (tertiary/aromatic N) is 6. The lowest BCUT2D eigenvalue weighted by molar-refractivity contribution is -0.130. The van der Waals surface area contributed by atoms with Gasteiger partial charge < -0.3 is 4.90 Å². The normalized spacial score (nSPS) is 21.4. The molecule has 1 unspecified atom stereocenters.